The Labute approximate surface area is 97.5 Å². The highest BCUT2D eigenvalue weighted by atomic mass is 32.2. The van der Waals surface area contributed by atoms with E-state index < -0.39 is 6.10 Å². The molecule has 0 unspecified atom stereocenters. The number of aryl methyl sites for hydroxylation is 1. The van der Waals surface area contributed by atoms with Gasteiger partial charge < -0.3 is 5.11 Å². The van der Waals surface area contributed by atoms with E-state index in [1.54, 1.807) is 18.7 Å². The van der Waals surface area contributed by atoms with Crippen LogP contribution in [0.4, 0.5) is 0 Å². The third-order valence-electron chi connectivity index (χ3n) is 2.15. The summed E-state index contributed by atoms with van der Waals surface area (Å²) in [6.45, 7) is 1.74. The van der Waals surface area contributed by atoms with Gasteiger partial charge in [0, 0.05) is 11.9 Å². The zero-order chi connectivity index (χ0) is 11.5. The van der Waals surface area contributed by atoms with Gasteiger partial charge in [0.1, 0.15) is 0 Å². The highest BCUT2D eigenvalue weighted by molar-refractivity contribution is 7.99. The van der Waals surface area contributed by atoms with E-state index in [1.165, 1.54) is 11.8 Å². The topological polar surface area (TPSA) is 63.8 Å². The van der Waals surface area contributed by atoms with Crippen molar-refractivity contribution in [2.75, 3.05) is 0 Å². The summed E-state index contributed by atoms with van der Waals surface area (Å²) < 4.78 is 1.62. The standard InChI is InChI=1S/C10H12N4OS/c1-7(15)8-3-5-9(6-4-8)16-10-11-12-13-14(10)2/h3-7,15H,1-2H3/t7-/m1/s1. The normalized spacial score (nSPS) is 12.7. The molecule has 16 heavy (non-hydrogen) atoms. The van der Waals surface area contributed by atoms with Gasteiger partial charge in [0.05, 0.1) is 6.10 Å². The summed E-state index contributed by atoms with van der Waals surface area (Å²) in [6, 6.07) is 7.69. The zero-order valence-corrected chi connectivity index (χ0v) is 9.85. The number of benzene rings is 1. The van der Waals surface area contributed by atoms with Crippen molar-refractivity contribution in [1.82, 2.24) is 20.2 Å². The molecule has 1 aromatic carbocycles. The molecule has 0 spiro atoms. The molecule has 5 nitrogen and oxygen atoms in total. The Morgan fingerprint density at radius 1 is 1.31 bits per heavy atom. The summed E-state index contributed by atoms with van der Waals surface area (Å²) in [6.07, 6.45) is -0.435. The van der Waals surface area contributed by atoms with E-state index in [0.29, 0.717) is 0 Å². The molecule has 2 aromatic rings. The first kappa shape index (κ1) is 11.1. The van der Waals surface area contributed by atoms with Crippen LogP contribution >= 0.6 is 11.8 Å². The lowest BCUT2D eigenvalue weighted by atomic mass is 10.1. The Morgan fingerprint density at radius 2 is 2.00 bits per heavy atom. The number of aliphatic hydroxyl groups is 1. The van der Waals surface area contributed by atoms with Crippen molar-refractivity contribution in [3.05, 3.63) is 29.8 Å². The third kappa shape index (κ3) is 2.40. The van der Waals surface area contributed by atoms with Gasteiger partial charge in [0.2, 0.25) is 5.16 Å². The highest BCUT2D eigenvalue weighted by Gasteiger charge is 2.05. The smallest absolute Gasteiger partial charge is 0.213 e. The molecule has 0 radical (unpaired) electrons. The highest BCUT2D eigenvalue weighted by Crippen LogP contribution is 2.25. The van der Waals surface area contributed by atoms with Gasteiger partial charge in [0.25, 0.3) is 0 Å². The van der Waals surface area contributed by atoms with Crippen LogP contribution in [0.15, 0.2) is 34.3 Å². The van der Waals surface area contributed by atoms with Crippen LogP contribution in [0.25, 0.3) is 0 Å². The Hall–Kier alpha value is -1.40. The number of rotatable bonds is 3. The summed E-state index contributed by atoms with van der Waals surface area (Å²) in [7, 11) is 1.80. The molecule has 0 saturated heterocycles. The van der Waals surface area contributed by atoms with Gasteiger partial charge in [0.15, 0.2) is 0 Å². The van der Waals surface area contributed by atoms with Crippen molar-refractivity contribution >= 4 is 11.8 Å². The van der Waals surface area contributed by atoms with Crippen LogP contribution in [0.1, 0.15) is 18.6 Å². The molecule has 0 fully saturated rings. The van der Waals surface area contributed by atoms with Crippen LogP contribution in [0, 0.1) is 0 Å². The van der Waals surface area contributed by atoms with E-state index in [4.69, 9.17) is 0 Å². The molecule has 0 aliphatic heterocycles. The number of hydrogen-bond donors (Lipinski definition) is 1. The number of hydrogen-bond acceptors (Lipinski definition) is 5. The van der Waals surface area contributed by atoms with Crippen molar-refractivity contribution in [3.8, 4) is 0 Å². The summed E-state index contributed by atoms with van der Waals surface area (Å²) in [5.74, 6) is 0. The van der Waals surface area contributed by atoms with Gasteiger partial charge in [-0.25, -0.2) is 4.68 Å². The Morgan fingerprint density at radius 3 is 2.50 bits per heavy atom. The maximum atomic E-state index is 9.37. The number of tetrazole rings is 1. The minimum atomic E-state index is -0.435. The summed E-state index contributed by atoms with van der Waals surface area (Å²) in [5.41, 5.74) is 0.903. The molecule has 1 heterocycles. The van der Waals surface area contributed by atoms with Gasteiger partial charge in [-0.2, -0.15) is 0 Å². The first-order valence-corrected chi connectivity index (χ1v) is 5.66. The number of nitrogens with zero attached hydrogens (tertiary/aromatic N) is 4. The minimum absolute atomic E-state index is 0.435. The number of aliphatic hydroxyl groups excluding tert-OH is 1. The third-order valence-corrected chi connectivity index (χ3v) is 3.19. The van der Waals surface area contributed by atoms with E-state index in [0.717, 1.165) is 15.6 Å². The lowest BCUT2D eigenvalue weighted by molar-refractivity contribution is 0.199. The summed E-state index contributed by atoms with van der Waals surface area (Å²) >= 11 is 1.49. The predicted octanol–water partition coefficient (Wildman–Crippen LogP) is 1.41. The van der Waals surface area contributed by atoms with Crippen molar-refractivity contribution in [3.63, 3.8) is 0 Å². The zero-order valence-electron chi connectivity index (χ0n) is 9.03. The quantitative estimate of drug-likeness (QED) is 0.873. The lowest BCUT2D eigenvalue weighted by Crippen LogP contribution is -1.93. The van der Waals surface area contributed by atoms with E-state index >= 15 is 0 Å². The molecule has 2 rings (SSSR count). The lowest BCUT2D eigenvalue weighted by Gasteiger charge is -2.05. The molecule has 0 bridgehead atoms. The van der Waals surface area contributed by atoms with Crippen molar-refractivity contribution < 1.29 is 5.11 Å². The molecular formula is C10H12N4OS. The Balaban J connectivity index is 2.14. The molecule has 0 saturated carbocycles. The fourth-order valence-electron chi connectivity index (χ4n) is 1.23. The first-order valence-electron chi connectivity index (χ1n) is 4.85. The second-order valence-electron chi connectivity index (χ2n) is 3.43. The summed E-state index contributed by atoms with van der Waals surface area (Å²) in [4.78, 5) is 1.04. The van der Waals surface area contributed by atoms with Gasteiger partial charge in [-0.05, 0) is 46.8 Å². The van der Waals surface area contributed by atoms with Crippen LogP contribution in [-0.4, -0.2) is 25.3 Å². The van der Waals surface area contributed by atoms with Gasteiger partial charge in [-0.1, -0.05) is 12.1 Å². The fourth-order valence-corrected chi connectivity index (χ4v) is 1.96. The minimum Gasteiger partial charge on any atom is -0.389 e. The molecule has 1 aromatic heterocycles. The molecule has 0 aliphatic rings. The average molecular weight is 236 g/mol. The predicted molar refractivity (Wildman–Crippen MR) is 60.0 cm³/mol. The fraction of sp³-hybridized carbons (Fsp3) is 0.300. The van der Waals surface area contributed by atoms with Gasteiger partial charge in [-0.3, -0.25) is 0 Å². The Kier molecular flexibility index (Phi) is 3.21. The first-order chi connectivity index (χ1) is 7.66. The van der Waals surface area contributed by atoms with Crippen LogP contribution < -0.4 is 0 Å². The van der Waals surface area contributed by atoms with Crippen molar-refractivity contribution in [1.29, 1.82) is 0 Å². The van der Waals surface area contributed by atoms with Crippen LogP contribution in [0.2, 0.25) is 0 Å². The van der Waals surface area contributed by atoms with Gasteiger partial charge >= 0.3 is 0 Å². The monoisotopic (exact) mass is 236 g/mol. The van der Waals surface area contributed by atoms with Crippen LogP contribution in [0.3, 0.4) is 0 Å². The van der Waals surface area contributed by atoms with Gasteiger partial charge in [-0.15, -0.1) is 5.10 Å². The molecule has 1 N–H and O–H groups in total. The molecule has 0 amide bonds. The average Bonchev–Trinajstić information content (AvgIpc) is 2.65. The SMILES string of the molecule is C[C@@H](O)c1ccc(Sc2nnnn2C)cc1. The molecule has 0 aliphatic carbocycles. The van der Waals surface area contributed by atoms with Crippen molar-refractivity contribution in [2.24, 2.45) is 7.05 Å². The molecule has 1 atom stereocenters. The van der Waals surface area contributed by atoms with E-state index in [1.807, 2.05) is 24.3 Å². The maximum absolute atomic E-state index is 9.37. The van der Waals surface area contributed by atoms with Crippen LogP contribution in [0.5, 0.6) is 0 Å². The van der Waals surface area contributed by atoms with E-state index in [-0.39, 0.29) is 0 Å². The van der Waals surface area contributed by atoms with Crippen LogP contribution in [-0.2, 0) is 7.05 Å². The maximum Gasteiger partial charge on any atom is 0.213 e. The number of aromatic nitrogens is 4. The second kappa shape index (κ2) is 4.63. The van der Waals surface area contributed by atoms with E-state index in [2.05, 4.69) is 15.5 Å². The second-order valence-corrected chi connectivity index (χ2v) is 4.47. The summed E-state index contributed by atoms with van der Waals surface area (Å²) in [5, 5.41) is 21.3. The molecular weight excluding hydrogens is 224 g/mol. The molecule has 84 valence electrons. The largest absolute Gasteiger partial charge is 0.389 e. The van der Waals surface area contributed by atoms with Crippen molar-refractivity contribution in [2.45, 2.75) is 23.1 Å². The Bertz CT molecular complexity index is 466. The molecule has 6 heteroatoms. The van der Waals surface area contributed by atoms with E-state index in [9.17, 15) is 5.11 Å².